The van der Waals surface area contributed by atoms with E-state index >= 15 is 0 Å². The first-order valence-corrected chi connectivity index (χ1v) is 10.5. The first kappa shape index (κ1) is 25.3. The molecule has 1 aromatic carbocycles. The quantitative estimate of drug-likeness (QED) is 0.358. The van der Waals surface area contributed by atoms with Crippen LogP contribution < -0.4 is 10.1 Å². The third kappa shape index (κ3) is 8.35. The predicted molar refractivity (Wildman–Crippen MR) is 114 cm³/mol. The summed E-state index contributed by atoms with van der Waals surface area (Å²) in [6.07, 6.45) is 3.40. The molecule has 1 atom stereocenters. The maximum absolute atomic E-state index is 11.5. The minimum atomic E-state index is -0.784. The van der Waals surface area contributed by atoms with E-state index in [1.165, 1.54) is 0 Å². The van der Waals surface area contributed by atoms with Crippen LogP contribution in [-0.4, -0.2) is 35.3 Å². The molecule has 0 saturated carbocycles. The minimum absolute atomic E-state index is 0.0349. The van der Waals surface area contributed by atoms with Crippen molar-refractivity contribution in [3.63, 3.8) is 0 Å². The number of aliphatic carboxylic acids is 1. The molecule has 1 heterocycles. The lowest BCUT2D eigenvalue weighted by molar-refractivity contribution is -0.138. The molecule has 30 heavy (non-hydrogen) atoms. The highest BCUT2D eigenvalue weighted by Gasteiger charge is 2.28. The van der Waals surface area contributed by atoms with Crippen molar-refractivity contribution in [3.8, 4) is 5.75 Å². The molecule has 166 valence electrons. The zero-order valence-electron chi connectivity index (χ0n) is 18.3. The van der Waals surface area contributed by atoms with Crippen molar-refractivity contribution in [1.29, 1.82) is 0 Å². The molecule has 1 aliphatic heterocycles. The summed E-state index contributed by atoms with van der Waals surface area (Å²) in [4.78, 5) is 43.7. The van der Waals surface area contributed by atoms with Crippen LogP contribution in [0.1, 0.15) is 75.7 Å². The number of ether oxygens (including phenoxy) is 1. The van der Waals surface area contributed by atoms with Gasteiger partial charge in [0.05, 0.1) is 6.61 Å². The van der Waals surface area contributed by atoms with E-state index in [-0.39, 0.29) is 29.9 Å². The van der Waals surface area contributed by atoms with Crippen molar-refractivity contribution in [2.75, 3.05) is 6.61 Å². The molecular weight excluding hydrogens is 386 g/mol. The fraction of sp³-hybridized carbons (Fsp3) is 0.565. The summed E-state index contributed by atoms with van der Waals surface area (Å²) in [5, 5.41) is 10.9. The number of piperidine rings is 1. The van der Waals surface area contributed by atoms with Gasteiger partial charge < -0.3 is 9.84 Å². The smallest absolute Gasteiger partial charge is 0.303 e. The number of Topliss-reactive ketones (excluding diaryl/α,β-unsaturated/α-hetero) is 1. The van der Waals surface area contributed by atoms with Crippen LogP contribution in [0.4, 0.5) is 0 Å². The zero-order chi connectivity index (χ0) is 22.7. The summed E-state index contributed by atoms with van der Waals surface area (Å²) in [6.45, 7) is 8.01. The highest BCUT2D eigenvalue weighted by molar-refractivity contribution is 5.98. The Hall–Kier alpha value is -2.70. The van der Waals surface area contributed by atoms with Gasteiger partial charge in [-0.25, -0.2) is 0 Å². The molecule has 1 unspecified atom stereocenters. The molecule has 1 aromatic rings. The highest BCUT2D eigenvalue weighted by Crippen LogP contribution is 2.24. The molecule has 2 N–H and O–H groups in total. The zero-order valence-corrected chi connectivity index (χ0v) is 18.3. The lowest BCUT2D eigenvalue weighted by atomic mass is 9.88. The molecule has 0 bridgehead atoms. The normalized spacial score (nSPS) is 15.8. The SMILES string of the molecule is CC(C)C1CCC(=O)NC1=O.CCc1c(OCCCCC(=O)O)cccc1C(C)=O. The van der Waals surface area contributed by atoms with Crippen molar-refractivity contribution >= 4 is 23.6 Å². The predicted octanol–water partition coefficient (Wildman–Crippen LogP) is 3.78. The van der Waals surface area contributed by atoms with Gasteiger partial charge in [-0.05, 0) is 44.6 Å². The van der Waals surface area contributed by atoms with Gasteiger partial charge in [-0.2, -0.15) is 0 Å². The molecule has 1 fully saturated rings. The fourth-order valence-corrected chi connectivity index (χ4v) is 3.30. The van der Waals surface area contributed by atoms with Crippen LogP contribution in [0, 0.1) is 11.8 Å². The Labute approximate surface area is 178 Å². The van der Waals surface area contributed by atoms with E-state index in [1.54, 1.807) is 13.0 Å². The maximum atomic E-state index is 11.5. The largest absolute Gasteiger partial charge is 0.493 e. The standard InChI is InChI=1S/C15H20O4.C8H13NO2/c1-3-12-13(11(2)16)7-6-8-14(12)19-10-5-4-9-15(17)18;1-5(2)6-3-4-7(10)9-8(6)11/h6-8H,3-5,9-10H2,1-2H3,(H,17,18);5-6H,3-4H2,1-2H3,(H,9,10,11). The molecular formula is C23H33NO6. The minimum Gasteiger partial charge on any atom is -0.493 e. The monoisotopic (exact) mass is 419 g/mol. The molecule has 0 aromatic heterocycles. The number of carbonyl (C=O) groups is 4. The molecule has 1 saturated heterocycles. The fourth-order valence-electron chi connectivity index (χ4n) is 3.30. The number of benzene rings is 1. The maximum Gasteiger partial charge on any atom is 0.303 e. The van der Waals surface area contributed by atoms with E-state index in [1.807, 2.05) is 32.9 Å². The lowest BCUT2D eigenvalue weighted by Crippen LogP contribution is -2.42. The highest BCUT2D eigenvalue weighted by atomic mass is 16.5. The van der Waals surface area contributed by atoms with Crippen LogP contribution in [0.5, 0.6) is 5.75 Å². The summed E-state index contributed by atoms with van der Waals surface area (Å²) in [6, 6.07) is 5.46. The van der Waals surface area contributed by atoms with Crippen molar-refractivity contribution in [2.45, 2.75) is 66.2 Å². The van der Waals surface area contributed by atoms with Crippen LogP contribution in [0.2, 0.25) is 0 Å². The van der Waals surface area contributed by atoms with Crippen molar-refractivity contribution in [3.05, 3.63) is 29.3 Å². The number of carboxylic acids is 1. The van der Waals surface area contributed by atoms with Crippen LogP contribution >= 0.6 is 0 Å². The van der Waals surface area contributed by atoms with Gasteiger partial charge in [-0.1, -0.05) is 32.9 Å². The first-order chi connectivity index (χ1) is 14.2. The van der Waals surface area contributed by atoms with Gasteiger partial charge in [-0.3, -0.25) is 24.5 Å². The number of unbranched alkanes of at least 4 members (excludes halogenated alkanes) is 1. The molecule has 2 amide bonds. The van der Waals surface area contributed by atoms with Crippen molar-refractivity contribution in [2.24, 2.45) is 11.8 Å². The van der Waals surface area contributed by atoms with E-state index in [9.17, 15) is 19.2 Å². The van der Waals surface area contributed by atoms with E-state index in [0.717, 1.165) is 17.7 Å². The Morgan fingerprint density at radius 3 is 2.47 bits per heavy atom. The van der Waals surface area contributed by atoms with Gasteiger partial charge in [0.1, 0.15) is 5.75 Å². The second kappa shape index (κ2) is 12.8. The van der Waals surface area contributed by atoms with Crippen LogP contribution in [-0.2, 0) is 20.8 Å². The van der Waals surface area contributed by atoms with E-state index in [4.69, 9.17) is 9.84 Å². The van der Waals surface area contributed by atoms with Crippen molar-refractivity contribution in [1.82, 2.24) is 5.32 Å². The van der Waals surface area contributed by atoms with Crippen LogP contribution in [0.3, 0.4) is 0 Å². The van der Waals surface area contributed by atoms with Gasteiger partial charge in [0.25, 0.3) is 0 Å². The summed E-state index contributed by atoms with van der Waals surface area (Å²) in [5.41, 5.74) is 1.62. The number of carbonyl (C=O) groups excluding carboxylic acids is 3. The summed E-state index contributed by atoms with van der Waals surface area (Å²) < 4.78 is 5.66. The Balaban J connectivity index is 0.000000346. The van der Waals surface area contributed by atoms with Gasteiger partial charge in [0, 0.05) is 29.9 Å². The van der Waals surface area contributed by atoms with E-state index in [0.29, 0.717) is 43.8 Å². The molecule has 7 heteroatoms. The van der Waals surface area contributed by atoms with Gasteiger partial charge in [-0.15, -0.1) is 0 Å². The topological polar surface area (TPSA) is 110 Å². The van der Waals surface area contributed by atoms with Crippen molar-refractivity contribution < 1.29 is 29.0 Å². The number of carboxylic acid groups (broad SMARTS) is 1. The third-order valence-corrected chi connectivity index (χ3v) is 4.99. The number of ketones is 1. The second-order valence-electron chi connectivity index (χ2n) is 7.69. The number of rotatable bonds is 9. The van der Waals surface area contributed by atoms with Gasteiger partial charge in [0.15, 0.2) is 5.78 Å². The first-order valence-electron chi connectivity index (χ1n) is 10.5. The average Bonchev–Trinajstić information content (AvgIpc) is 2.67. The lowest BCUT2D eigenvalue weighted by Gasteiger charge is -2.23. The average molecular weight is 420 g/mol. The van der Waals surface area contributed by atoms with Crippen LogP contribution in [0.15, 0.2) is 18.2 Å². The Morgan fingerprint density at radius 1 is 1.23 bits per heavy atom. The number of hydrogen-bond acceptors (Lipinski definition) is 5. The number of hydrogen-bond donors (Lipinski definition) is 2. The van der Waals surface area contributed by atoms with Gasteiger partial charge >= 0.3 is 5.97 Å². The Kier molecular flexibility index (Phi) is 10.8. The molecule has 2 rings (SSSR count). The molecule has 0 spiro atoms. The molecule has 0 radical (unpaired) electrons. The summed E-state index contributed by atoms with van der Waals surface area (Å²) >= 11 is 0. The second-order valence-corrected chi connectivity index (χ2v) is 7.69. The molecule has 0 aliphatic carbocycles. The Morgan fingerprint density at radius 2 is 1.93 bits per heavy atom. The number of nitrogens with one attached hydrogen (secondary N) is 1. The summed E-state index contributed by atoms with van der Waals surface area (Å²) in [7, 11) is 0. The summed E-state index contributed by atoms with van der Waals surface area (Å²) in [5.74, 6) is 0.116. The van der Waals surface area contributed by atoms with Gasteiger partial charge in [0.2, 0.25) is 11.8 Å². The molecule has 7 nitrogen and oxygen atoms in total. The van der Waals surface area contributed by atoms with Crippen LogP contribution in [0.25, 0.3) is 0 Å². The van der Waals surface area contributed by atoms with E-state index < -0.39 is 5.97 Å². The van der Waals surface area contributed by atoms with E-state index in [2.05, 4.69) is 5.32 Å². The number of amides is 2. The Bertz CT molecular complexity index is 756. The molecule has 1 aliphatic rings. The third-order valence-electron chi connectivity index (χ3n) is 4.99. The number of imide groups is 1.